The Labute approximate surface area is 121 Å². The molecule has 6 heteroatoms. The van der Waals surface area contributed by atoms with Crippen LogP contribution in [0, 0.1) is 11.6 Å². The second-order valence-electron chi connectivity index (χ2n) is 4.39. The summed E-state index contributed by atoms with van der Waals surface area (Å²) >= 11 is 0. The summed E-state index contributed by atoms with van der Waals surface area (Å²) in [4.78, 5) is 13.6. The van der Waals surface area contributed by atoms with Gasteiger partial charge in [0.05, 0.1) is 5.69 Å². The fourth-order valence-electron chi connectivity index (χ4n) is 1.87. The number of rotatable bonds is 3. The van der Waals surface area contributed by atoms with Crippen molar-refractivity contribution in [1.82, 2.24) is 0 Å². The SMILES string of the molecule is CCN(C(=O)Nc1ccc(F)cc1F)c1ccc(N)cc1. The average molecular weight is 291 g/mol. The first-order chi connectivity index (χ1) is 10.0. The van der Waals surface area contributed by atoms with E-state index in [2.05, 4.69) is 5.32 Å². The largest absolute Gasteiger partial charge is 0.399 e. The van der Waals surface area contributed by atoms with Crippen LogP contribution in [0.4, 0.5) is 30.6 Å². The Morgan fingerprint density at radius 2 is 1.86 bits per heavy atom. The van der Waals surface area contributed by atoms with Crippen LogP contribution < -0.4 is 16.0 Å². The van der Waals surface area contributed by atoms with Crippen LogP contribution in [-0.4, -0.2) is 12.6 Å². The van der Waals surface area contributed by atoms with E-state index in [4.69, 9.17) is 5.73 Å². The lowest BCUT2D eigenvalue weighted by Gasteiger charge is -2.21. The Bertz CT molecular complexity index is 644. The van der Waals surface area contributed by atoms with Crippen LogP contribution in [0.3, 0.4) is 0 Å². The number of halogens is 2. The van der Waals surface area contributed by atoms with Gasteiger partial charge in [-0.1, -0.05) is 0 Å². The van der Waals surface area contributed by atoms with Crippen molar-refractivity contribution in [3.05, 3.63) is 54.1 Å². The highest BCUT2D eigenvalue weighted by Crippen LogP contribution is 2.19. The lowest BCUT2D eigenvalue weighted by molar-refractivity contribution is 0.257. The molecule has 0 bridgehead atoms. The van der Waals surface area contributed by atoms with Crippen molar-refractivity contribution in [2.45, 2.75) is 6.92 Å². The summed E-state index contributed by atoms with van der Waals surface area (Å²) in [6.45, 7) is 2.18. The Balaban J connectivity index is 2.18. The molecule has 2 aromatic carbocycles. The third-order valence-corrected chi connectivity index (χ3v) is 2.94. The number of hydrogen-bond donors (Lipinski definition) is 2. The van der Waals surface area contributed by atoms with Crippen molar-refractivity contribution in [2.24, 2.45) is 0 Å². The molecule has 0 fully saturated rings. The van der Waals surface area contributed by atoms with Crippen LogP contribution in [-0.2, 0) is 0 Å². The maximum atomic E-state index is 13.5. The second kappa shape index (κ2) is 6.21. The zero-order valence-corrected chi connectivity index (χ0v) is 11.4. The molecule has 21 heavy (non-hydrogen) atoms. The molecular formula is C15H15F2N3O. The monoisotopic (exact) mass is 291 g/mol. The van der Waals surface area contributed by atoms with Gasteiger partial charge in [-0.05, 0) is 43.3 Å². The number of urea groups is 1. The highest BCUT2D eigenvalue weighted by molar-refractivity contribution is 6.01. The molecule has 4 nitrogen and oxygen atoms in total. The Hall–Kier alpha value is -2.63. The lowest BCUT2D eigenvalue weighted by atomic mass is 10.2. The maximum absolute atomic E-state index is 13.5. The number of nitrogens with one attached hydrogen (secondary N) is 1. The van der Waals surface area contributed by atoms with Crippen LogP contribution >= 0.6 is 0 Å². The number of carbonyl (C=O) groups is 1. The van der Waals surface area contributed by atoms with Gasteiger partial charge in [-0.15, -0.1) is 0 Å². The molecule has 3 N–H and O–H groups in total. The van der Waals surface area contributed by atoms with E-state index in [1.807, 2.05) is 0 Å². The third kappa shape index (κ3) is 3.47. The molecule has 0 aliphatic heterocycles. The van der Waals surface area contributed by atoms with Gasteiger partial charge in [0.1, 0.15) is 11.6 Å². The molecule has 0 unspecified atom stereocenters. The van der Waals surface area contributed by atoms with Crippen LogP contribution in [0.5, 0.6) is 0 Å². The quantitative estimate of drug-likeness (QED) is 0.849. The summed E-state index contributed by atoms with van der Waals surface area (Å²) in [5, 5.41) is 2.42. The number of benzene rings is 2. The van der Waals surface area contributed by atoms with Gasteiger partial charge in [0.15, 0.2) is 0 Å². The molecular weight excluding hydrogens is 276 g/mol. The van der Waals surface area contributed by atoms with E-state index < -0.39 is 17.7 Å². The van der Waals surface area contributed by atoms with Crippen LogP contribution in [0.1, 0.15) is 6.92 Å². The first kappa shape index (κ1) is 14.8. The first-order valence-electron chi connectivity index (χ1n) is 6.40. The zero-order chi connectivity index (χ0) is 15.4. The van der Waals surface area contributed by atoms with Crippen molar-refractivity contribution in [3.63, 3.8) is 0 Å². The smallest absolute Gasteiger partial charge is 0.326 e. The Morgan fingerprint density at radius 3 is 2.43 bits per heavy atom. The van der Waals surface area contributed by atoms with Crippen LogP contribution in [0.25, 0.3) is 0 Å². The van der Waals surface area contributed by atoms with Gasteiger partial charge < -0.3 is 11.1 Å². The summed E-state index contributed by atoms with van der Waals surface area (Å²) in [5.41, 5.74) is 6.74. The molecule has 2 rings (SSSR count). The van der Waals surface area contributed by atoms with Gasteiger partial charge in [-0.25, -0.2) is 13.6 Å². The highest BCUT2D eigenvalue weighted by Gasteiger charge is 2.15. The summed E-state index contributed by atoms with van der Waals surface area (Å²) in [5.74, 6) is -1.52. The minimum atomic E-state index is -0.822. The zero-order valence-electron chi connectivity index (χ0n) is 11.4. The molecule has 2 aromatic rings. The van der Waals surface area contributed by atoms with Crippen molar-refractivity contribution >= 4 is 23.1 Å². The third-order valence-electron chi connectivity index (χ3n) is 2.94. The lowest BCUT2D eigenvalue weighted by Crippen LogP contribution is -2.35. The minimum Gasteiger partial charge on any atom is -0.399 e. The predicted molar refractivity (Wildman–Crippen MR) is 79.3 cm³/mol. The summed E-state index contributed by atoms with van der Waals surface area (Å²) in [6.07, 6.45) is 0. The topological polar surface area (TPSA) is 58.4 Å². The highest BCUT2D eigenvalue weighted by atomic mass is 19.1. The summed E-state index contributed by atoms with van der Waals surface area (Å²) in [6, 6.07) is 9.20. The van der Waals surface area contributed by atoms with E-state index in [1.54, 1.807) is 31.2 Å². The number of anilines is 3. The molecule has 0 heterocycles. The van der Waals surface area contributed by atoms with Crippen molar-refractivity contribution in [2.75, 3.05) is 22.5 Å². The van der Waals surface area contributed by atoms with Crippen LogP contribution in [0.15, 0.2) is 42.5 Å². The fraction of sp³-hybridized carbons (Fsp3) is 0.133. The molecule has 0 radical (unpaired) electrons. The Morgan fingerprint density at radius 1 is 1.19 bits per heavy atom. The minimum absolute atomic E-state index is 0.0738. The van der Waals surface area contributed by atoms with Crippen molar-refractivity contribution in [1.29, 1.82) is 0 Å². The fourth-order valence-corrected chi connectivity index (χ4v) is 1.87. The molecule has 0 aliphatic carbocycles. The normalized spacial score (nSPS) is 10.2. The van der Waals surface area contributed by atoms with Crippen molar-refractivity contribution in [3.8, 4) is 0 Å². The first-order valence-corrected chi connectivity index (χ1v) is 6.40. The number of nitrogens with two attached hydrogens (primary N) is 1. The summed E-state index contributed by atoms with van der Waals surface area (Å²) in [7, 11) is 0. The number of carbonyl (C=O) groups excluding carboxylic acids is 1. The Kier molecular flexibility index (Phi) is 4.37. The van der Waals surface area contributed by atoms with Gasteiger partial charge in [0.25, 0.3) is 0 Å². The molecule has 0 aliphatic rings. The number of nitrogen functional groups attached to an aromatic ring is 1. The maximum Gasteiger partial charge on any atom is 0.326 e. The number of hydrogen-bond acceptors (Lipinski definition) is 2. The average Bonchev–Trinajstić information content (AvgIpc) is 2.45. The van der Waals surface area contributed by atoms with Crippen molar-refractivity contribution < 1.29 is 13.6 Å². The molecule has 0 saturated heterocycles. The molecule has 0 spiro atoms. The van der Waals surface area contributed by atoms with E-state index in [0.717, 1.165) is 12.1 Å². The van der Waals surface area contributed by atoms with E-state index in [0.29, 0.717) is 17.9 Å². The van der Waals surface area contributed by atoms with Crippen LogP contribution in [0.2, 0.25) is 0 Å². The number of nitrogens with zero attached hydrogens (tertiary/aromatic N) is 1. The van der Waals surface area contributed by atoms with Gasteiger partial charge in [-0.3, -0.25) is 4.90 Å². The predicted octanol–water partition coefficient (Wildman–Crippen LogP) is 3.61. The molecule has 110 valence electrons. The second-order valence-corrected chi connectivity index (χ2v) is 4.39. The summed E-state index contributed by atoms with van der Waals surface area (Å²) < 4.78 is 26.4. The van der Waals surface area contributed by atoms with E-state index in [1.165, 1.54) is 11.0 Å². The molecule has 0 aromatic heterocycles. The van der Waals surface area contributed by atoms with E-state index in [-0.39, 0.29) is 5.69 Å². The van der Waals surface area contributed by atoms with E-state index in [9.17, 15) is 13.6 Å². The standard InChI is InChI=1S/C15H15F2N3O/c1-2-20(12-6-4-11(18)5-7-12)15(21)19-14-8-3-10(16)9-13(14)17/h3-9H,2,18H2,1H3,(H,19,21). The van der Waals surface area contributed by atoms with Gasteiger partial charge >= 0.3 is 6.03 Å². The molecule has 0 saturated carbocycles. The van der Waals surface area contributed by atoms with E-state index >= 15 is 0 Å². The van der Waals surface area contributed by atoms with Gasteiger partial charge in [0, 0.05) is 24.0 Å². The number of amides is 2. The molecule has 0 atom stereocenters. The molecule has 2 amide bonds. The van der Waals surface area contributed by atoms with Gasteiger partial charge in [0.2, 0.25) is 0 Å². The van der Waals surface area contributed by atoms with Gasteiger partial charge in [-0.2, -0.15) is 0 Å².